The summed E-state index contributed by atoms with van der Waals surface area (Å²) in [6.45, 7) is 4.56. The molecular weight excluding hydrogens is 486 g/mol. The van der Waals surface area contributed by atoms with Crippen LogP contribution >= 0.6 is 12.4 Å². The van der Waals surface area contributed by atoms with Gasteiger partial charge in [0.2, 0.25) is 0 Å². The molecule has 1 aliphatic heterocycles. The van der Waals surface area contributed by atoms with Gasteiger partial charge in [0.05, 0.1) is 0 Å². The van der Waals surface area contributed by atoms with E-state index < -0.39 is 5.97 Å². The lowest BCUT2D eigenvalue weighted by Gasteiger charge is -2.33. The van der Waals surface area contributed by atoms with Crippen LogP contribution in [0.1, 0.15) is 47.6 Å². The molecule has 0 fully saturated rings. The van der Waals surface area contributed by atoms with Crippen LogP contribution < -0.4 is 14.8 Å². The number of carboxylic acid groups (broad SMARTS) is 1. The lowest BCUT2D eigenvalue weighted by Crippen LogP contribution is -2.37. The number of fused-ring (bicyclic) bond motifs is 2. The highest BCUT2D eigenvalue weighted by Crippen LogP contribution is 2.41. The molecule has 5 nitrogen and oxygen atoms in total. The van der Waals surface area contributed by atoms with Gasteiger partial charge in [0.15, 0.2) is 6.61 Å². The molecule has 1 heterocycles. The van der Waals surface area contributed by atoms with E-state index in [1.165, 1.54) is 16.3 Å². The molecule has 0 saturated heterocycles. The van der Waals surface area contributed by atoms with Crippen molar-refractivity contribution < 1.29 is 19.4 Å². The third kappa shape index (κ3) is 6.07. The Balaban J connectivity index is 0.00000320. The predicted molar refractivity (Wildman–Crippen MR) is 149 cm³/mol. The second-order valence-corrected chi connectivity index (χ2v) is 9.53. The first-order chi connectivity index (χ1) is 17.5. The Morgan fingerprint density at radius 2 is 1.81 bits per heavy atom. The van der Waals surface area contributed by atoms with Crippen molar-refractivity contribution in [2.24, 2.45) is 0 Å². The lowest BCUT2D eigenvalue weighted by molar-refractivity contribution is -0.139. The molecule has 0 amide bonds. The minimum Gasteiger partial charge on any atom is -0.489 e. The molecule has 0 bridgehead atoms. The highest BCUT2D eigenvalue weighted by atomic mass is 35.5. The van der Waals surface area contributed by atoms with E-state index in [4.69, 9.17) is 14.6 Å². The van der Waals surface area contributed by atoms with Crippen molar-refractivity contribution in [2.45, 2.75) is 38.3 Å². The molecule has 4 aromatic carbocycles. The first-order valence-corrected chi connectivity index (χ1v) is 12.4. The topological polar surface area (TPSA) is 67.8 Å². The van der Waals surface area contributed by atoms with Crippen LogP contribution in [-0.4, -0.2) is 30.3 Å². The third-order valence-electron chi connectivity index (χ3n) is 6.87. The molecule has 6 heteroatoms. The zero-order valence-corrected chi connectivity index (χ0v) is 21.8. The molecule has 192 valence electrons. The van der Waals surface area contributed by atoms with Crippen LogP contribution in [0, 0.1) is 6.92 Å². The van der Waals surface area contributed by atoms with Gasteiger partial charge < -0.3 is 19.9 Å². The van der Waals surface area contributed by atoms with E-state index in [2.05, 4.69) is 66.8 Å². The summed E-state index contributed by atoms with van der Waals surface area (Å²) in [5.41, 5.74) is 4.57. The van der Waals surface area contributed by atoms with Gasteiger partial charge in [0.1, 0.15) is 17.6 Å². The largest absolute Gasteiger partial charge is 0.489 e. The monoisotopic (exact) mass is 517 g/mol. The van der Waals surface area contributed by atoms with Gasteiger partial charge in [-0.15, -0.1) is 12.4 Å². The fourth-order valence-electron chi connectivity index (χ4n) is 5.19. The molecule has 5 rings (SSSR count). The molecule has 2 N–H and O–H groups in total. The van der Waals surface area contributed by atoms with E-state index in [-0.39, 0.29) is 37.1 Å². The summed E-state index contributed by atoms with van der Waals surface area (Å²) in [5, 5.41) is 15.2. The van der Waals surface area contributed by atoms with Crippen LogP contribution in [-0.2, 0) is 4.79 Å². The number of ether oxygens (including phenoxy) is 2. The first-order valence-electron chi connectivity index (χ1n) is 12.4. The number of halogens is 1. The molecule has 4 aromatic rings. The second kappa shape index (κ2) is 11.7. The molecule has 0 aliphatic carbocycles. The summed E-state index contributed by atoms with van der Waals surface area (Å²) < 4.78 is 11.9. The molecule has 1 aliphatic rings. The third-order valence-corrected chi connectivity index (χ3v) is 6.87. The van der Waals surface area contributed by atoms with Crippen molar-refractivity contribution in [3.05, 3.63) is 107 Å². The Bertz CT molecular complexity index is 1380. The number of para-hydroxylation sites is 1. The Labute approximate surface area is 223 Å². The van der Waals surface area contributed by atoms with E-state index >= 15 is 0 Å². The summed E-state index contributed by atoms with van der Waals surface area (Å²) in [7, 11) is 0. The standard InChI is InChI=1S/C31H31NO4.ClH/c1-20-14-23(16-24(15-20)35-19-31(33)34)29-17-25(36-30-13-6-5-11-28(29)30)18-32-21(2)26-12-7-9-22-8-3-4-10-27(22)26;/h3-16,21,25,29,32H,17-19H2,1-2H3,(H,33,34);1H/t21-,25-,29+;/m1./s1. The number of nitrogens with one attached hydrogen (secondary N) is 1. The number of benzene rings is 4. The zero-order chi connectivity index (χ0) is 25.1. The van der Waals surface area contributed by atoms with Crippen molar-refractivity contribution >= 4 is 29.1 Å². The van der Waals surface area contributed by atoms with Crippen LogP contribution in [0.3, 0.4) is 0 Å². The highest BCUT2D eigenvalue weighted by molar-refractivity contribution is 5.86. The molecule has 0 saturated carbocycles. The zero-order valence-electron chi connectivity index (χ0n) is 21.0. The van der Waals surface area contributed by atoms with Gasteiger partial charge in [-0.1, -0.05) is 66.7 Å². The first kappa shape index (κ1) is 26.5. The van der Waals surface area contributed by atoms with Gasteiger partial charge in [-0.2, -0.15) is 0 Å². The number of rotatable bonds is 8. The summed E-state index contributed by atoms with van der Waals surface area (Å²) in [5.74, 6) is 0.617. The minimum atomic E-state index is -0.985. The van der Waals surface area contributed by atoms with E-state index in [0.717, 1.165) is 28.9 Å². The quantitative estimate of drug-likeness (QED) is 0.273. The molecule has 37 heavy (non-hydrogen) atoms. The van der Waals surface area contributed by atoms with Gasteiger partial charge in [0, 0.05) is 24.1 Å². The van der Waals surface area contributed by atoms with Crippen LogP contribution in [0.2, 0.25) is 0 Å². The van der Waals surface area contributed by atoms with Crippen LogP contribution in [0.25, 0.3) is 10.8 Å². The number of aryl methyl sites for hydroxylation is 1. The maximum atomic E-state index is 11.0. The maximum absolute atomic E-state index is 11.0. The smallest absolute Gasteiger partial charge is 0.341 e. The van der Waals surface area contributed by atoms with Gasteiger partial charge in [-0.3, -0.25) is 0 Å². The number of carbonyl (C=O) groups is 1. The summed E-state index contributed by atoms with van der Waals surface area (Å²) in [4.78, 5) is 11.0. The van der Waals surface area contributed by atoms with Gasteiger partial charge in [-0.25, -0.2) is 4.79 Å². The van der Waals surface area contributed by atoms with Crippen molar-refractivity contribution in [1.82, 2.24) is 5.32 Å². The predicted octanol–water partition coefficient (Wildman–Crippen LogP) is 6.67. The fourth-order valence-corrected chi connectivity index (χ4v) is 5.19. The highest BCUT2D eigenvalue weighted by Gasteiger charge is 2.30. The maximum Gasteiger partial charge on any atom is 0.341 e. The Morgan fingerprint density at radius 3 is 2.65 bits per heavy atom. The number of hydrogen-bond acceptors (Lipinski definition) is 4. The number of hydrogen-bond donors (Lipinski definition) is 2. The average Bonchev–Trinajstić information content (AvgIpc) is 2.89. The summed E-state index contributed by atoms with van der Waals surface area (Å²) in [6.07, 6.45) is 0.805. The van der Waals surface area contributed by atoms with Crippen molar-refractivity contribution in [3.8, 4) is 11.5 Å². The number of aliphatic carboxylic acids is 1. The molecular formula is C31H32ClNO4. The lowest BCUT2D eigenvalue weighted by atomic mass is 9.83. The molecule has 0 spiro atoms. The Morgan fingerprint density at radius 1 is 1.05 bits per heavy atom. The fraction of sp³-hybridized carbons (Fsp3) is 0.258. The summed E-state index contributed by atoms with van der Waals surface area (Å²) >= 11 is 0. The van der Waals surface area contributed by atoms with Gasteiger partial charge in [-0.05, 0) is 65.9 Å². The van der Waals surface area contributed by atoms with E-state index in [0.29, 0.717) is 12.3 Å². The van der Waals surface area contributed by atoms with Crippen LogP contribution in [0.4, 0.5) is 0 Å². The molecule has 3 atom stereocenters. The second-order valence-electron chi connectivity index (χ2n) is 9.53. The molecule has 0 radical (unpaired) electrons. The Kier molecular flexibility index (Phi) is 8.37. The number of carboxylic acids is 1. The van der Waals surface area contributed by atoms with Crippen LogP contribution in [0.15, 0.2) is 84.9 Å². The van der Waals surface area contributed by atoms with Crippen LogP contribution in [0.5, 0.6) is 11.5 Å². The SMILES string of the molecule is Cc1cc(OCC(=O)O)cc([C@@H]2C[C@H](CN[C@H](C)c3cccc4ccccc34)Oc3ccccc32)c1.Cl. The van der Waals surface area contributed by atoms with Crippen molar-refractivity contribution in [1.29, 1.82) is 0 Å². The average molecular weight is 518 g/mol. The van der Waals surface area contributed by atoms with Gasteiger partial charge in [0.25, 0.3) is 0 Å². The van der Waals surface area contributed by atoms with Crippen molar-refractivity contribution in [2.75, 3.05) is 13.2 Å². The molecule has 0 unspecified atom stereocenters. The summed E-state index contributed by atoms with van der Waals surface area (Å²) in [6, 6.07) is 29.3. The van der Waals surface area contributed by atoms with Crippen molar-refractivity contribution in [3.63, 3.8) is 0 Å². The minimum absolute atomic E-state index is 0. The van der Waals surface area contributed by atoms with E-state index in [1.807, 2.05) is 37.3 Å². The van der Waals surface area contributed by atoms with E-state index in [1.54, 1.807) is 0 Å². The Hall–Kier alpha value is -3.54. The van der Waals surface area contributed by atoms with E-state index in [9.17, 15) is 4.79 Å². The normalized spacial score (nSPS) is 17.2. The molecule has 0 aromatic heterocycles. The van der Waals surface area contributed by atoms with Gasteiger partial charge >= 0.3 is 5.97 Å².